The number of rotatable bonds is 5. The molecule has 5 rings (SSSR count). The maximum absolute atomic E-state index is 13.0. The summed E-state index contributed by atoms with van der Waals surface area (Å²) in [5.74, 6) is 1.58. The topological polar surface area (TPSA) is 80.2 Å². The zero-order valence-electron chi connectivity index (χ0n) is 18.6. The first-order valence-corrected chi connectivity index (χ1v) is 11.8. The van der Waals surface area contributed by atoms with Crippen LogP contribution in [0.25, 0.3) is 21.5 Å². The van der Waals surface area contributed by atoms with Gasteiger partial charge < -0.3 is 15.0 Å². The molecule has 1 atom stereocenters. The van der Waals surface area contributed by atoms with Gasteiger partial charge in [-0.1, -0.05) is 0 Å². The Kier molecular flexibility index (Phi) is 5.92. The lowest BCUT2D eigenvalue weighted by atomic mass is 9.97. The van der Waals surface area contributed by atoms with Gasteiger partial charge in [-0.15, -0.1) is 11.3 Å². The van der Waals surface area contributed by atoms with Gasteiger partial charge in [-0.2, -0.15) is 0 Å². The molecule has 0 saturated carbocycles. The van der Waals surface area contributed by atoms with Gasteiger partial charge in [0.2, 0.25) is 5.91 Å². The standard InChI is InChI=1S/C25H25N5O2S/c1-16-28-22-12-19(7-10-23(22)33-16)29-25(31)18-4-3-11-30(14-18)24-13-21(26-15-27-24)17-5-8-20(32-2)9-6-17/h5-10,12-13,15,18H,3-4,11,14H2,1-2H3,(H,29,31). The average Bonchev–Trinajstić information content (AvgIpc) is 3.23. The number of nitrogens with one attached hydrogen (secondary N) is 1. The highest BCUT2D eigenvalue weighted by molar-refractivity contribution is 7.18. The molecule has 1 unspecified atom stereocenters. The Hall–Kier alpha value is -3.52. The molecular weight excluding hydrogens is 434 g/mol. The number of fused-ring (bicyclic) bond motifs is 1. The van der Waals surface area contributed by atoms with E-state index in [1.54, 1.807) is 24.8 Å². The number of amides is 1. The number of thiazole rings is 1. The van der Waals surface area contributed by atoms with Crippen LogP contribution in [0.1, 0.15) is 17.8 Å². The predicted octanol–water partition coefficient (Wildman–Crippen LogP) is 4.93. The van der Waals surface area contributed by atoms with Gasteiger partial charge in [-0.05, 0) is 62.2 Å². The summed E-state index contributed by atoms with van der Waals surface area (Å²) in [7, 11) is 1.65. The summed E-state index contributed by atoms with van der Waals surface area (Å²) >= 11 is 1.66. The normalized spacial score (nSPS) is 16.1. The molecule has 4 aromatic rings. The van der Waals surface area contributed by atoms with E-state index in [0.717, 1.165) is 63.1 Å². The third-order valence-corrected chi connectivity index (χ3v) is 6.87. The lowest BCUT2D eigenvalue weighted by Gasteiger charge is -2.33. The molecule has 0 spiro atoms. The first-order chi connectivity index (χ1) is 16.1. The van der Waals surface area contributed by atoms with Crippen LogP contribution < -0.4 is 15.0 Å². The zero-order valence-corrected chi connectivity index (χ0v) is 19.4. The molecule has 7 nitrogen and oxygen atoms in total. The molecule has 8 heteroatoms. The number of anilines is 2. The van der Waals surface area contributed by atoms with E-state index in [9.17, 15) is 4.79 Å². The van der Waals surface area contributed by atoms with Crippen molar-refractivity contribution in [2.24, 2.45) is 5.92 Å². The smallest absolute Gasteiger partial charge is 0.229 e. The van der Waals surface area contributed by atoms with Crippen molar-refractivity contribution < 1.29 is 9.53 Å². The maximum Gasteiger partial charge on any atom is 0.229 e. The second kappa shape index (κ2) is 9.15. The number of hydrogen-bond donors (Lipinski definition) is 1. The third kappa shape index (κ3) is 4.66. The number of benzene rings is 2. The number of aryl methyl sites for hydroxylation is 1. The molecule has 0 bridgehead atoms. The van der Waals surface area contributed by atoms with Crippen molar-refractivity contribution in [2.45, 2.75) is 19.8 Å². The minimum atomic E-state index is -0.106. The highest BCUT2D eigenvalue weighted by atomic mass is 32.1. The summed E-state index contributed by atoms with van der Waals surface area (Å²) in [5, 5.41) is 4.11. The van der Waals surface area contributed by atoms with E-state index >= 15 is 0 Å². The molecular formula is C25H25N5O2S. The number of aromatic nitrogens is 3. The number of hydrogen-bond acceptors (Lipinski definition) is 7. The molecule has 1 amide bonds. The molecule has 1 aliphatic rings. The van der Waals surface area contributed by atoms with Crippen LogP contribution in [0.15, 0.2) is 54.9 Å². The fraction of sp³-hybridized carbons (Fsp3) is 0.280. The van der Waals surface area contributed by atoms with Gasteiger partial charge in [0, 0.05) is 30.4 Å². The van der Waals surface area contributed by atoms with E-state index < -0.39 is 0 Å². The van der Waals surface area contributed by atoms with Crippen LogP contribution >= 0.6 is 11.3 Å². The molecule has 1 N–H and O–H groups in total. The zero-order chi connectivity index (χ0) is 22.8. The van der Waals surface area contributed by atoms with Crippen molar-refractivity contribution in [1.29, 1.82) is 0 Å². The quantitative estimate of drug-likeness (QED) is 0.456. The Labute approximate surface area is 196 Å². The SMILES string of the molecule is COc1ccc(-c2cc(N3CCCC(C(=O)Nc4ccc5sc(C)nc5c4)C3)ncn2)cc1. The molecule has 1 saturated heterocycles. The summed E-state index contributed by atoms with van der Waals surface area (Å²) in [6.07, 6.45) is 3.38. The van der Waals surface area contributed by atoms with E-state index in [1.165, 1.54) is 0 Å². The van der Waals surface area contributed by atoms with Crippen LogP contribution in [-0.2, 0) is 4.79 Å². The molecule has 0 aliphatic carbocycles. The second-order valence-corrected chi connectivity index (χ2v) is 9.41. The molecule has 0 radical (unpaired) electrons. The number of carbonyl (C=O) groups excluding carboxylic acids is 1. The summed E-state index contributed by atoms with van der Waals surface area (Å²) < 4.78 is 6.37. The molecule has 168 valence electrons. The fourth-order valence-corrected chi connectivity index (χ4v) is 5.01. The average molecular weight is 460 g/mol. The first-order valence-electron chi connectivity index (χ1n) is 11.0. The van der Waals surface area contributed by atoms with E-state index in [-0.39, 0.29) is 11.8 Å². The van der Waals surface area contributed by atoms with Gasteiger partial charge in [-0.25, -0.2) is 15.0 Å². The molecule has 2 aromatic heterocycles. The van der Waals surface area contributed by atoms with E-state index in [0.29, 0.717) is 6.54 Å². The van der Waals surface area contributed by atoms with Gasteiger partial charge in [0.15, 0.2) is 0 Å². The Morgan fingerprint density at radius 3 is 2.82 bits per heavy atom. The van der Waals surface area contributed by atoms with Crippen molar-refractivity contribution in [2.75, 3.05) is 30.4 Å². The van der Waals surface area contributed by atoms with Crippen LogP contribution in [0, 0.1) is 12.8 Å². The lowest BCUT2D eigenvalue weighted by Crippen LogP contribution is -2.41. The van der Waals surface area contributed by atoms with Gasteiger partial charge in [0.05, 0.1) is 33.9 Å². The van der Waals surface area contributed by atoms with E-state index in [2.05, 4.69) is 25.2 Å². The summed E-state index contributed by atoms with van der Waals surface area (Å²) in [6, 6.07) is 15.7. The van der Waals surface area contributed by atoms with Gasteiger partial charge in [-0.3, -0.25) is 4.79 Å². The Balaban J connectivity index is 1.29. The van der Waals surface area contributed by atoms with Crippen LogP contribution in [0.3, 0.4) is 0 Å². The van der Waals surface area contributed by atoms with Crippen molar-refractivity contribution in [3.8, 4) is 17.0 Å². The monoisotopic (exact) mass is 459 g/mol. The highest BCUT2D eigenvalue weighted by Gasteiger charge is 2.27. The van der Waals surface area contributed by atoms with Crippen molar-refractivity contribution in [3.63, 3.8) is 0 Å². The number of methoxy groups -OCH3 is 1. The highest BCUT2D eigenvalue weighted by Crippen LogP contribution is 2.28. The Morgan fingerprint density at radius 1 is 1.15 bits per heavy atom. The summed E-state index contributed by atoms with van der Waals surface area (Å²) in [5.41, 5.74) is 3.56. The van der Waals surface area contributed by atoms with E-state index in [4.69, 9.17) is 4.74 Å². The first kappa shape index (κ1) is 21.3. The maximum atomic E-state index is 13.0. The molecule has 1 aliphatic heterocycles. The van der Waals surface area contributed by atoms with Gasteiger partial charge in [0.1, 0.15) is 17.9 Å². The third-order valence-electron chi connectivity index (χ3n) is 5.92. The van der Waals surface area contributed by atoms with Crippen molar-refractivity contribution in [1.82, 2.24) is 15.0 Å². The summed E-state index contributed by atoms with van der Waals surface area (Å²) in [4.78, 5) is 28.7. The largest absolute Gasteiger partial charge is 0.497 e. The second-order valence-electron chi connectivity index (χ2n) is 8.18. The van der Waals surface area contributed by atoms with Crippen molar-refractivity contribution in [3.05, 3.63) is 59.9 Å². The van der Waals surface area contributed by atoms with Crippen molar-refractivity contribution >= 4 is 39.0 Å². The number of ether oxygens (including phenoxy) is 1. The van der Waals surface area contributed by atoms with Crippen LogP contribution in [-0.4, -0.2) is 41.1 Å². The molecule has 3 heterocycles. The van der Waals surface area contributed by atoms with E-state index in [1.807, 2.05) is 55.5 Å². The minimum Gasteiger partial charge on any atom is -0.497 e. The number of nitrogens with zero attached hydrogens (tertiary/aromatic N) is 4. The van der Waals surface area contributed by atoms with Gasteiger partial charge >= 0.3 is 0 Å². The Morgan fingerprint density at radius 2 is 2.00 bits per heavy atom. The fourth-order valence-electron chi connectivity index (χ4n) is 4.20. The van der Waals surface area contributed by atoms with Crippen LogP contribution in [0.2, 0.25) is 0 Å². The number of carbonyl (C=O) groups is 1. The summed E-state index contributed by atoms with van der Waals surface area (Å²) in [6.45, 7) is 3.49. The molecule has 1 fully saturated rings. The lowest BCUT2D eigenvalue weighted by molar-refractivity contribution is -0.120. The minimum absolute atomic E-state index is 0.0374. The molecule has 33 heavy (non-hydrogen) atoms. The molecule has 2 aromatic carbocycles. The van der Waals surface area contributed by atoms with Gasteiger partial charge in [0.25, 0.3) is 0 Å². The number of piperidine rings is 1. The Bertz CT molecular complexity index is 1290. The predicted molar refractivity (Wildman–Crippen MR) is 132 cm³/mol. The van der Waals surface area contributed by atoms with Crippen LogP contribution in [0.4, 0.5) is 11.5 Å². The van der Waals surface area contributed by atoms with Crippen LogP contribution in [0.5, 0.6) is 5.75 Å².